The highest BCUT2D eigenvalue weighted by atomic mass is 16.1. The Morgan fingerprint density at radius 1 is 1.29 bits per heavy atom. The Kier molecular flexibility index (Phi) is 5.31. The van der Waals surface area contributed by atoms with Crippen LogP contribution in [0.2, 0.25) is 0 Å². The number of amides is 1. The number of nitrogens with one attached hydrogen (secondary N) is 2. The van der Waals surface area contributed by atoms with E-state index in [2.05, 4.69) is 27.5 Å². The highest BCUT2D eigenvalue weighted by molar-refractivity contribution is 5.94. The first kappa shape index (κ1) is 15.0. The van der Waals surface area contributed by atoms with Gasteiger partial charge in [-0.25, -0.2) is 9.97 Å². The molecule has 6 heteroatoms. The predicted octanol–water partition coefficient (Wildman–Crippen LogP) is 1.61. The molecular formula is C15H21N5O. The molecule has 0 radical (unpaired) electrons. The van der Waals surface area contributed by atoms with E-state index in [1.165, 1.54) is 0 Å². The van der Waals surface area contributed by atoms with Gasteiger partial charge in [0.2, 0.25) is 0 Å². The van der Waals surface area contributed by atoms with E-state index in [0.29, 0.717) is 18.5 Å². The Hall–Kier alpha value is -2.37. The van der Waals surface area contributed by atoms with Crippen molar-refractivity contribution in [3.63, 3.8) is 0 Å². The smallest absolute Gasteiger partial charge is 0.252 e. The highest BCUT2D eigenvalue weighted by Crippen LogP contribution is 2.05. The lowest BCUT2D eigenvalue weighted by Gasteiger charge is -2.07. The molecule has 2 rings (SSSR count). The Morgan fingerprint density at radius 3 is 2.76 bits per heavy atom. The number of hydrogen-bond donors (Lipinski definition) is 2. The summed E-state index contributed by atoms with van der Waals surface area (Å²) in [6.07, 6.45) is 6.98. The zero-order valence-corrected chi connectivity index (χ0v) is 12.5. The number of aryl methyl sites for hydroxylation is 1. The van der Waals surface area contributed by atoms with E-state index < -0.39 is 0 Å². The molecule has 0 spiro atoms. The van der Waals surface area contributed by atoms with Crippen molar-refractivity contribution in [3.05, 3.63) is 42.1 Å². The zero-order valence-electron chi connectivity index (χ0n) is 12.5. The largest absolute Gasteiger partial charge is 0.370 e. The van der Waals surface area contributed by atoms with Crippen LogP contribution < -0.4 is 10.6 Å². The van der Waals surface area contributed by atoms with Crippen molar-refractivity contribution in [1.82, 2.24) is 19.9 Å². The van der Waals surface area contributed by atoms with Crippen LogP contribution in [0.5, 0.6) is 0 Å². The second kappa shape index (κ2) is 7.42. The maximum atomic E-state index is 12.0. The predicted molar refractivity (Wildman–Crippen MR) is 82.3 cm³/mol. The van der Waals surface area contributed by atoms with Crippen LogP contribution in [0.4, 0.5) is 5.82 Å². The number of carbonyl (C=O) groups excluding carboxylic acids is 1. The maximum Gasteiger partial charge on any atom is 0.252 e. The van der Waals surface area contributed by atoms with Gasteiger partial charge in [0.15, 0.2) is 0 Å². The van der Waals surface area contributed by atoms with Gasteiger partial charge in [0, 0.05) is 45.1 Å². The number of pyridine rings is 1. The first-order valence-electron chi connectivity index (χ1n) is 7.15. The Morgan fingerprint density at radius 2 is 2.14 bits per heavy atom. The number of hydrogen-bond acceptors (Lipinski definition) is 4. The molecule has 2 aromatic rings. The number of anilines is 1. The summed E-state index contributed by atoms with van der Waals surface area (Å²) < 4.78 is 1.95. The highest BCUT2D eigenvalue weighted by Gasteiger charge is 2.06. The molecule has 0 saturated carbocycles. The summed E-state index contributed by atoms with van der Waals surface area (Å²) in [6, 6.07) is 3.60. The van der Waals surface area contributed by atoms with Crippen molar-refractivity contribution in [2.24, 2.45) is 7.05 Å². The van der Waals surface area contributed by atoms with Crippen molar-refractivity contribution in [1.29, 1.82) is 0 Å². The fraction of sp³-hybridized carbons (Fsp3) is 0.400. The molecule has 0 aromatic carbocycles. The fourth-order valence-electron chi connectivity index (χ4n) is 1.91. The van der Waals surface area contributed by atoms with Gasteiger partial charge in [-0.15, -0.1) is 0 Å². The quantitative estimate of drug-likeness (QED) is 0.811. The molecule has 0 saturated heterocycles. The summed E-state index contributed by atoms with van der Waals surface area (Å²) >= 11 is 0. The van der Waals surface area contributed by atoms with Gasteiger partial charge in [0.1, 0.15) is 11.6 Å². The molecule has 0 aliphatic carbocycles. The van der Waals surface area contributed by atoms with Crippen molar-refractivity contribution in [2.45, 2.75) is 19.8 Å². The normalized spacial score (nSPS) is 10.4. The van der Waals surface area contributed by atoms with Gasteiger partial charge in [0.25, 0.3) is 5.91 Å². The van der Waals surface area contributed by atoms with Crippen LogP contribution in [0.1, 0.15) is 29.5 Å². The second-order valence-electron chi connectivity index (χ2n) is 4.82. The van der Waals surface area contributed by atoms with Gasteiger partial charge in [-0.3, -0.25) is 4.79 Å². The minimum Gasteiger partial charge on any atom is -0.370 e. The molecule has 0 aliphatic rings. The topological polar surface area (TPSA) is 71.8 Å². The van der Waals surface area contributed by atoms with Gasteiger partial charge in [-0.05, 0) is 18.6 Å². The molecule has 1 amide bonds. The second-order valence-corrected chi connectivity index (χ2v) is 4.82. The number of imidazole rings is 1. The van der Waals surface area contributed by atoms with E-state index in [1.54, 1.807) is 18.5 Å². The van der Waals surface area contributed by atoms with Crippen LogP contribution in [0, 0.1) is 0 Å². The van der Waals surface area contributed by atoms with Gasteiger partial charge in [-0.2, -0.15) is 0 Å². The third kappa shape index (κ3) is 4.30. The van der Waals surface area contributed by atoms with E-state index in [0.717, 1.165) is 24.6 Å². The van der Waals surface area contributed by atoms with Gasteiger partial charge in [-0.1, -0.05) is 6.92 Å². The van der Waals surface area contributed by atoms with Crippen LogP contribution in [0.25, 0.3) is 0 Å². The van der Waals surface area contributed by atoms with Crippen LogP contribution in [-0.2, 0) is 13.5 Å². The van der Waals surface area contributed by atoms with Gasteiger partial charge in [0.05, 0.1) is 5.56 Å². The number of nitrogens with zero attached hydrogens (tertiary/aromatic N) is 3. The molecule has 2 heterocycles. The number of aromatic nitrogens is 3. The monoisotopic (exact) mass is 287 g/mol. The molecule has 2 aromatic heterocycles. The van der Waals surface area contributed by atoms with E-state index in [-0.39, 0.29) is 5.91 Å². The van der Waals surface area contributed by atoms with Crippen LogP contribution in [0.3, 0.4) is 0 Å². The lowest BCUT2D eigenvalue weighted by molar-refractivity contribution is 0.0953. The van der Waals surface area contributed by atoms with E-state index in [9.17, 15) is 4.79 Å². The molecule has 2 N–H and O–H groups in total. The first-order chi connectivity index (χ1) is 10.2. The molecule has 112 valence electrons. The number of rotatable bonds is 7. The molecule has 0 aliphatic heterocycles. The Balaban J connectivity index is 1.81. The average Bonchev–Trinajstić information content (AvgIpc) is 2.91. The van der Waals surface area contributed by atoms with Gasteiger partial charge >= 0.3 is 0 Å². The summed E-state index contributed by atoms with van der Waals surface area (Å²) in [5, 5.41) is 6.05. The lowest BCUT2D eigenvalue weighted by atomic mass is 10.2. The summed E-state index contributed by atoms with van der Waals surface area (Å²) in [6.45, 7) is 3.53. The van der Waals surface area contributed by atoms with E-state index in [4.69, 9.17) is 0 Å². The maximum absolute atomic E-state index is 12.0. The third-order valence-electron chi connectivity index (χ3n) is 3.14. The van der Waals surface area contributed by atoms with Crippen molar-refractivity contribution in [3.8, 4) is 0 Å². The van der Waals surface area contributed by atoms with E-state index in [1.807, 2.05) is 23.9 Å². The third-order valence-corrected chi connectivity index (χ3v) is 3.14. The first-order valence-corrected chi connectivity index (χ1v) is 7.15. The molecule has 0 fully saturated rings. The fourth-order valence-corrected chi connectivity index (χ4v) is 1.91. The molecule has 6 nitrogen and oxygen atoms in total. The summed E-state index contributed by atoms with van der Waals surface area (Å²) in [4.78, 5) is 20.4. The van der Waals surface area contributed by atoms with Crippen molar-refractivity contribution in [2.75, 3.05) is 18.4 Å². The summed E-state index contributed by atoms with van der Waals surface area (Å²) in [7, 11) is 1.94. The summed E-state index contributed by atoms with van der Waals surface area (Å²) in [5.41, 5.74) is 0.567. The van der Waals surface area contributed by atoms with Crippen LogP contribution >= 0.6 is 0 Å². The zero-order chi connectivity index (χ0) is 15.1. The minimum atomic E-state index is -0.112. The molecular weight excluding hydrogens is 266 g/mol. The average molecular weight is 287 g/mol. The number of carbonyl (C=O) groups is 1. The Labute approximate surface area is 124 Å². The lowest BCUT2D eigenvalue weighted by Crippen LogP contribution is -2.26. The molecule has 0 bridgehead atoms. The van der Waals surface area contributed by atoms with Crippen molar-refractivity contribution >= 4 is 11.7 Å². The summed E-state index contributed by atoms with van der Waals surface area (Å²) in [5.74, 6) is 1.63. The Bertz CT molecular complexity index is 576. The minimum absolute atomic E-state index is 0.112. The van der Waals surface area contributed by atoms with Gasteiger partial charge < -0.3 is 15.2 Å². The van der Waals surface area contributed by atoms with E-state index >= 15 is 0 Å². The van der Waals surface area contributed by atoms with Crippen LogP contribution in [0.15, 0.2) is 30.7 Å². The SMILES string of the molecule is CCCNc1ccc(C(=O)NCCc2nccn2C)cn1. The van der Waals surface area contributed by atoms with Crippen LogP contribution in [-0.4, -0.2) is 33.5 Å². The molecule has 21 heavy (non-hydrogen) atoms. The van der Waals surface area contributed by atoms with Crippen molar-refractivity contribution < 1.29 is 4.79 Å². The molecule has 0 unspecified atom stereocenters. The standard InChI is InChI=1S/C15H21N5O/c1-3-7-16-13-5-4-12(11-19-13)15(21)18-8-6-14-17-9-10-20(14)2/h4-5,9-11H,3,6-8H2,1-2H3,(H,16,19)(H,18,21). The molecule has 0 atom stereocenters.